The van der Waals surface area contributed by atoms with Crippen molar-refractivity contribution in [1.82, 2.24) is 0 Å². The molecule has 17 nitrogen and oxygen atoms in total. The first-order chi connectivity index (χ1) is 34.9. The van der Waals surface area contributed by atoms with Gasteiger partial charge in [-0.2, -0.15) is 0 Å². The van der Waals surface area contributed by atoms with Gasteiger partial charge < -0.3 is 77.2 Å². The minimum Gasteiger partial charge on any atom is -0.459 e. The second kappa shape index (κ2) is 19.1. The van der Waals surface area contributed by atoms with Gasteiger partial charge in [0.15, 0.2) is 11.6 Å². The maximum absolute atomic E-state index is 14.3. The number of fused-ring (bicyclic) bond motifs is 9. The molecule has 0 aliphatic carbocycles. The number of aliphatic hydroxyl groups excluding tert-OH is 1. The minimum absolute atomic E-state index is 0.000807. The van der Waals surface area contributed by atoms with Gasteiger partial charge in [0.25, 0.3) is 0 Å². The van der Waals surface area contributed by atoms with Gasteiger partial charge in [-0.25, -0.2) is 0 Å². The zero-order valence-electron chi connectivity index (χ0n) is 42.1. The van der Waals surface area contributed by atoms with Crippen LogP contribution in [0.2, 0.25) is 0 Å². The Hall–Kier alpha value is -1.65. The van der Waals surface area contributed by atoms with Gasteiger partial charge in [0.05, 0.1) is 116 Å². The van der Waals surface area contributed by atoms with Gasteiger partial charge in [-0.3, -0.25) is 4.79 Å². The van der Waals surface area contributed by atoms with E-state index in [1.807, 2.05) is 0 Å². The first kappa shape index (κ1) is 48.7. The molecular formula is C55H79NO16. The number of ether oxygens (including phenoxy) is 14. The van der Waals surface area contributed by atoms with Gasteiger partial charge in [0, 0.05) is 64.3 Å². The summed E-state index contributed by atoms with van der Waals surface area (Å²) in [4.78, 5) is 14.3. The number of nitrogens with two attached hydrogens (primary N) is 1. The molecular weight excluding hydrogens is 931 g/mol. The van der Waals surface area contributed by atoms with Crippen LogP contribution in [-0.2, 0) is 71.1 Å². The highest BCUT2D eigenvalue weighted by molar-refractivity contribution is 5.70. The maximum Gasteiger partial charge on any atom is 0.308 e. The molecule has 72 heavy (non-hydrogen) atoms. The summed E-state index contributed by atoms with van der Waals surface area (Å²) in [5.41, 5.74) is 8.15. The summed E-state index contributed by atoms with van der Waals surface area (Å²) in [5.74, 6) is -1.65. The van der Waals surface area contributed by atoms with E-state index in [-0.39, 0.29) is 134 Å². The molecule has 27 atom stereocenters. The molecule has 2 unspecified atom stereocenters. The molecule has 3 N–H and O–H groups in total. The maximum atomic E-state index is 14.3. The Morgan fingerprint density at radius 1 is 0.528 bits per heavy atom. The molecule has 0 saturated carbocycles. The number of rotatable bonds is 3. The third kappa shape index (κ3) is 8.93. The quantitative estimate of drug-likeness (QED) is 0.281. The summed E-state index contributed by atoms with van der Waals surface area (Å²) < 4.78 is 95.0. The lowest BCUT2D eigenvalue weighted by atomic mass is 9.81. The van der Waals surface area contributed by atoms with Crippen molar-refractivity contribution in [2.24, 2.45) is 11.7 Å². The molecule has 0 radical (unpaired) electrons. The van der Waals surface area contributed by atoms with Crippen molar-refractivity contribution in [3.05, 3.63) is 24.3 Å². The molecule has 0 aromatic carbocycles. The second-order valence-corrected chi connectivity index (χ2v) is 24.7. The molecule has 15 saturated heterocycles. The normalized spacial score (nSPS) is 56.1. The van der Waals surface area contributed by atoms with Crippen LogP contribution in [0.4, 0.5) is 0 Å². The Labute approximate surface area is 423 Å². The van der Waals surface area contributed by atoms with Crippen LogP contribution in [0.1, 0.15) is 142 Å². The lowest BCUT2D eigenvalue weighted by Crippen LogP contribution is -2.61. The first-order valence-corrected chi connectivity index (χ1v) is 28.4. The molecule has 0 aromatic heterocycles. The van der Waals surface area contributed by atoms with Gasteiger partial charge in [0.2, 0.25) is 0 Å². The van der Waals surface area contributed by atoms with Crippen LogP contribution in [-0.4, -0.2) is 176 Å². The number of hydrogen-bond donors (Lipinski definition) is 2. The van der Waals surface area contributed by atoms with E-state index in [1.54, 1.807) is 0 Å². The lowest BCUT2D eigenvalue weighted by molar-refractivity contribution is -0.364. The van der Waals surface area contributed by atoms with E-state index in [2.05, 4.69) is 20.1 Å². The van der Waals surface area contributed by atoms with Crippen molar-refractivity contribution >= 4 is 5.97 Å². The predicted molar refractivity (Wildman–Crippen MR) is 252 cm³/mol. The van der Waals surface area contributed by atoms with Crippen LogP contribution in [0.5, 0.6) is 0 Å². The largest absolute Gasteiger partial charge is 0.459 e. The molecule has 17 heteroatoms. The lowest BCUT2D eigenvalue weighted by Gasteiger charge is -2.53. The topological polar surface area (TPSA) is 193 Å². The van der Waals surface area contributed by atoms with Crippen molar-refractivity contribution < 1.29 is 76.2 Å². The van der Waals surface area contributed by atoms with E-state index in [1.165, 1.54) is 0 Å². The van der Waals surface area contributed by atoms with E-state index < -0.39 is 42.1 Å². The predicted octanol–water partition coefficient (Wildman–Crippen LogP) is 5.07. The summed E-state index contributed by atoms with van der Waals surface area (Å²) in [6, 6.07) is 0. The third-order valence-corrected chi connectivity index (χ3v) is 19.8. The number of carbonyl (C=O) groups excluding carboxylic acids is 1. The Bertz CT molecular complexity index is 2060. The van der Waals surface area contributed by atoms with Crippen LogP contribution >= 0.6 is 0 Å². The fraction of sp³-hybridized carbons (Fsp3) is 0.909. The Kier molecular flexibility index (Phi) is 12.9. The van der Waals surface area contributed by atoms with E-state index in [4.69, 9.17) is 72.0 Å². The number of esters is 1. The Morgan fingerprint density at radius 3 is 2.11 bits per heavy atom. The zero-order chi connectivity index (χ0) is 48.6. The molecule has 400 valence electrons. The van der Waals surface area contributed by atoms with Crippen LogP contribution in [0.25, 0.3) is 0 Å². The fourth-order valence-electron chi connectivity index (χ4n) is 16.2. The highest BCUT2D eigenvalue weighted by atomic mass is 16.8. The Morgan fingerprint density at radius 2 is 1.24 bits per heavy atom. The molecule has 2 spiro atoms. The summed E-state index contributed by atoms with van der Waals surface area (Å²) in [7, 11) is 0. The molecule has 15 fully saturated rings. The van der Waals surface area contributed by atoms with Gasteiger partial charge in [-0.1, -0.05) is 20.1 Å². The van der Waals surface area contributed by atoms with Crippen molar-refractivity contribution in [2.75, 3.05) is 6.54 Å². The van der Waals surface area contributed by atoms with Gasteiger partial charge >= 0.3 is 5.97 Å². The highest BCUT2D eigenvalue weighted by Gasteiger charge is 2.69. The zero-order valence-corrected chi connectivity index (χ0v) is 42.1. The summed E-state index contributed by atoms with van der Waals surface area (Å²) in [6.45, 7) is 11.7. The van der Waals surface area contributed by atoms with Crippen LogP contribution in [0.15, 0.2) is 24.3 Å². The number of aliphatic hydroxyl groups is 1. The van der Waals surface area contributed by atoms with Crippen molar-refractivity contribution in [1.29, 1.82) is 0 Å². The molecule has 15 aliphatic heterocycles. The average molecular weight is 1010 g/mol. The highest BCUT2D eigenvalue weighted by Crippen LogP contribution is 2.55. The smallest absolute Gasteiger partial charge is 0.308 e. The van der Waals surface area contributed by atoms with Crippen molar-refractivity contribution in [3.63, 3.8) is 0 Å². The molecule has 15 aliphatic rings. The summed E-state index contributed by atoms with van der Waals surface area (Å²) >= 11 is 0. The van der Waals surface area contributed by atoms with Crippen LogP contribution < -0.4 is 5.73 Å². The average Bonchev–Trinajstić information content (AvgIpc) is 4.08. The molecule has 0 aromatic rings. The van der Waals surface area contributed by atoms with Gasteiger partial charge in [0.1, 0.15) is 36.6 Å². The first-order valence-electron chi connectivity index (χ1n) is 28.4. The monoisotopic (exact) mass is 1010 g/mol. The van der Waals surface area contributed by atoms with Crippen LogP contribution in [0.3, 0.4) is 0 Å². The number of hydrogen-bond acceptors (Lipinski definition) is 17. The minimum atomic E-state index is -0.811. The van der Waals surface area contributed by atoms with E-state index in [9.17, 15) is 9.90 Å². The molecule has 15 rings (SSSR count). The second-order valence-electron chi connectivity index (χ2n) is 24.7. The van der Waals surface area contributed by atoms with Gasteiger partial charge in [-0.05, 0) is 87.7 Å². The van der Waals surface area contributed by atoms with E-state index >= 15 is 0 Å². The van der Waals surface area contributed by atoms with E-state index in [0.717, 1.165) is 68.9 Å². The number of carbonyl (C=O) groups is 1. The summed E-state index contributed by atoms with van der Waals surface area (Å²) in [6.07, 6.45) is 8.96. The standard InChI is InChI=1S/C55H79NO16/c1-26-4-5-29-6-9-35-27(2)16-31(60-35)12-14-55-24-46-50(71-55)51-52(68-46)53(72-55)49-36(67-51)10-7-30(62-49)19-47(58)66-45-22-44-43(65-42(45)20-38(26)59-29)21-41-40(64-44)18-33(61-41)17-39-34(57)13-15-54(70-39)23-28(3)48-37(69-54)11-8-32(25-56)63-48/h28-46,48-53,57H,1-2,4-25,56H2,3H3/t28-,29+,30+,31-,32-,33-,34-,35-,36-,37-,38+,39-,40?,41+,42-,43-,44?,45+,46+,48-,49-,50-,51-,52+,53-,54-,55-/m0/s1. The van der Waals surface area contributed by atoms with Gasteiger partial charge in [-0.15, -0.1) is 0 Å². The SMILES string of the molecule is C=C1C[C@@H]2CC[C@@]34C[C@H]5O[C@H]6[C@@H](O3)[C@H]3O[C@H](CC[C@@H]3O[C@H]6[C@H]5O4)CC(=O)O[C@@H]3CC4OC5C[C@H](C[C@@H]6O[C@@]7(CC[C@@H]6O)C[C@H](C)[C@@H]6O[C@H](CN)CC[C@@H]6O7)O[C@@H]5C[C@@H]4O[C@H]3C[C@H]3O[C@H](CCC3=C)CC[C@@H]1O2. The fourth-order valence-corrected chi connectivity index (χ4v) is 16.2. The van der Waals surface area contributed by atoms with E-state index in [0.29, 0.717) is 77.2 Å². The Balaban J connectivity index is 0.670. The third-order valence-electron chi connectivity index (χ3n) is 19.8. The van der Waals surface area contributed by atoms with Crippen molar-refractivity contribution in [2.45, 2.75) is 300 Å². The van der Waals surface area contributed by atoms with Crippen LogP contribution in [0, 0.1) is 5.92 Å². The molecule has 12 bridgehead atoms. The summed E-state index contributed by atoms with van der Waals surface area (Å²) in [5, 5.41) is 11.4. The molecule has 15 heterocycles. The molecule has 0 amide bonds. The van der Waals surface area contributed by atoms with Crippen molar-refractivity contribution in [3.8, 4) is 0 Å².